The molecule has 0 amide bonds. The third kappa shape index (κ3) is 4.81. The van der Waals surface area contributed by atoms with Crippen molar-refractivity contribution in [2.24, 2.45) is 0 Å². The summed E-state index contributed by atoms with van der Waals surface area (Å²) in [5.74, 6) is 1.05. The fraction of sp³-hybridized carbons (Fsp3) is 0.714. The number of ether oxygens (including phenoxy) is 1. The van der Waals surface area contributed by atoms with Crippen LogP contribution >= 0.6 is 0 Å². The molecule has 2 N–H and O–H groups in total. The van der Waals surface area contributed by atoms with Gasteiger partial charge in [0.25, 0.3) is 0 Å². The molecule has 1 unspecified atom stereocenters. The number of hydrogen-bond donors (Lipinski definition) is 2. The molecule has 122 valence electrons. The first kappa shape index (κ1) is 18.2. The van der Waals surface area contributed by atoms with E-state index in [0.717, 1.165) is 13.0 Å². The van der Waals surface area contributed by atoms with E-state index in [2.05, 4.69) is 17.0 Å². The van der Waals surface area contributed by atoms with Gasteiger partial charge in [0, 0.05) is 25.3 Å². The first-order valence-electron chi connectivity index (χ1n) is 7.14. The molecule has 0 aromatic carbocycles. The van der Waals surface area contributed by atoms with E-state index in [1.165, 1.54) is 7.11 Å². The summed E-state index contributed by atoms with van der Waals surface area (Å²) in [4.78, 5) is 0.242. The molecule has 0 aliphatic rings. The topological polar surface area (TPSA) is 80.6 Å². The summed E-state index contributed by atoms with van der Waals surface area (Å²) in [5.41, 5.74) is 0.693. The second-order valence-corrected chi connectivity index (χ2v) is 6.83. The van der Waals surface area contributed by atoms with Crippen molar-refractivity contribution < 1.29 is 17.6 Å². The van der Waals surface area contributed by atoms with Gasteiger partial charge >= 0.3 is 0 Å². The lowest BCUT2D eigenvalue weighted by Gasteiger charge is -2.14. The Hall–Kier alpha value is -0.890. The van der Waals surface area contributed by atoms with Crippen LogP contribution < -0.4 is 10.0 Å². The fourth-order valence-electron chi connectivity index (χ4n) is 2.26. The number of furan rings is 1. The van der Waals surface area contributed by atoms with Gasteiger partial charge in [0.1, 0.15) is 16.4 Å². The number of hydrogen-bond acceptors (Lipinski definition) is 5. The van der Waals surface area contributed by atoms with Crippen LogP contribution in [0.1, 0.15) is 37.4 Å². The fourth-order valence-corrected chi connectivity index (χ4v) is 3.94. The number of sulfonamides is 1. The van der Waals surface area contributed by atoms with E-state index in [1.807, 2.05) is 0 Å². The van der Waals surface area contributed by atoms with Gasteiger partial charge in [-0.3, -0.25) is 0 Å². The second-order valence-electron chi connectivity index (χ2n) is 5.18. The van der Waals surface area contributed by atoms with Crippen molar-refractivity contribution in [3.63, 3.8) is 0 Å². The number of nitrogens with one attached hydrogen (secondary N) is 2. The SMILES string of the molecule is CCCNCc1c(C)oc(C)c1S(=O)(=O)NC(C)COC. The number of rotatable bonds is 9. The van der Waals surface area contributed by atoms with E-state index in [1.54, 1.807) is 20.8 Å². The maximum atomic E-state index is 12.6. The van der Waals surface area contributed by atoms with Crippen molar-refractivity contribution in [3.8, 4) is 0 Å². The van der Waals surface area contributed by atoms with Crippen LogP contribution in [0.25, 0.3) is 0 Å². The van der Waals surface area contributed by atoms with Crippen LogP contribution in [0.2, 0.25) is 0 Å². The Labute approximate surface area is 127 Å². The van der Waals surface area contributed by atoms with Crippen LogP contribution in [0.5, 0.6) is 0 Å². The Morgan fingerprint density at radius 3 is 2.52 bits per heavy atom. The van der Waals surface area contributed by atoms with Crippen molar-refractivity contribution in [1.29, 1.82) is 0 Å². The predicted octanol–water partition coefficient (Wildman–Crippen LogP) is 1.71. The van der Waals surface area contributed by atoms with Gasteiger partial charge in [-0.25, -0.2) is 13.1 Å². The van der Waals surface area contributed by atoms with Gasteiger partial charge in [0.2, 0.25) is 10.0 Å². The molecular weight excluding hydrogens is 292 g/mol. The van der Waals surface area contributed by atoms with Crippen LogP contribution in [0.4, 0.5) is 0 Å². The molecular formula is C14H26N2O4S. The zero-order chi connectivity index (χ0) is 16.0. The summed E-state index contributed by atoms with van der Waals surface area (Å²) < 4.78 is 38.2. The molecule has 21 heavy (non-hydrogen) atoms. The Balaban J connectivity index is 3.04. The first-order valence-corrected chi connectivity index (χ1v) is 8.62. The van der Waals surface area contributed by atoms with Gasteiger partial charge in [-0.15, -0.1) is 0 Å². The lowest BCUT2D eigenvalue weighted by atomic mass is 10.2. The molecule has 0 aliphatic heterocycles. The van der Waals surface area contributed by atoms with Gasteiger partial charge in [-0.2, -0.15) is 0 Å². The van der Waals surface area contributed by atoms with Gasteiger partial charge in [0.15, 0.2) is 0 Å². The highest BCUT2D eigenvalue weighted by atomic mass is 32.2. The molecule has 0 fully saturated rings. The molecule has 7 heteroatoms. The third-order valence-electron chi connectivity index (χ3n) is 3.10. The van der Waals surface area contributed by atoms with Crippen molar-refractivity contribution in [3.05, 3.63) is 17.1 Å². The number of aryl methyl sites for hydroxylation is 2. The van der Waals surface area contributed by atoms with Crippen LogP contribution in [0.15, 0.2) is 9.31 Å². The summed E-state index contributed by atoms with van der Waals surface area (Å²) in [5, 5.41) is 3.22. The molecule has 1 aromatic heterocycles. The highest BCUT2D eigenvalue weighted by Gasteiger charge is 2.27. The molecule has 0 bridgehead atoms. The molecule has 1 atom stereocenters. The molecule has 0 aliphatic carbocycles. The standard InChI is InChI=1S/C14H26N2O4S/c1-6-7-15-8-13-11(3)20-12(4)14(13)21(17,18)16-10(2)9-19-5/h10,15-16H,6-9H2,1-5H3. The molecule has 1 rings (SSSR count). The van der Waals surface area contributed by atoms with Crippen LogP contribution in [0.3, 0.4) is 0 Å². The monoisotopic (exact) mass is 318 g/mol. The van der Waals surface area contributed by atoms with E-state index in [9.17, 15) is 8.42 Å². The number of methoxy groups -OCH3 is 1. The molecule has 0 saturated heterocycles. The summed E-state index contributed by atoms with van der Waals surface area (Å²) in [7, 11) is -2.08. The van der Waals surface area contributed by atoms with Crippen LogP contribution in [-0.4, -0.2) is 34.7 Å². The van der Waals surface area contributed by atoms with Crippen molar-refractivity contribution in [2.45, 2.75) is 51.6 Å². The smallest absolute Gasteiger partial charge is 0.244 e. The highest BCUT2D eigenvalue weighted by Crippen LogP contribution is 2.26. The largest absolute Gasteiger partial charge is 0.465 e. The van der Waals surface area contributed by atoms with Gasteiger partial charge in [0.05, 0.1) is 6.61 Å². The third-order valence-corrected chi connectivity index (χ3v) is 4.88. The quantitative estimate of drug-likeness (QED) is 0.678. The molecule has 0 radical (unpaired) electrons. The minimum atomic E-state index is -3.62. The molecule has 0 spiro atoms. The van der Waals surface area contributed by atoms with Gasteiger partial charge in [-0.05, 0) is 33.7 Å². The van der Waals surface area contributed by atoms with E-state index in [4.69, 9.17) is 9.15 Å². The lowest BCUT2D eigenvalue weighted by Crippen LogP contribution is -2.36. The average molecular weight is 318 g/mol. The van der Waals surface area contributed by atoms with E-state index in [-0.39, 0.29) is 10.9 Å². The van der Waals surface area contributed by atoms with Gasteiger partial charge < -0.3 is 14.5 Å². The Bertz CT molecular complexity index is 552. The van der Waals surface area contributed by atoms with E-state index in [0.29, 0.717) is 30.2 Å². The van der Waals surface area contributed by atoms with Crippen molar-refractivity contribution >= 4 is 10.0 Å². The predicted molar refractivity (Wildman–Crippen MR) is 81.8 cm³/mol. The highest BCUT2D eigenvalue weighted by molar-refractivity contribution is 7.89. The summed E-state index contributed by atoms with van der Waals surface area (Å²) in [6.07, 6.45) is 0.987. The first-order chi connectivity index (χ1) is 9.83. The summed E-state index contributed by atoms with van der Waals surface area (Å²) in [6, 6.07) is -0.300. The minimum absolute atomic E-state index is 0.242. The zero-order valence-corrected chi connectivity index (χ0v) is 14.3. The Morgan fingerprint density at radius 1 is 1.29 bits per heavy atom. The van der Waals surface area contributed by atoms with E-state index < -0.39 is 10.0 Å². The van der Waals surface area contributed by atoms with Crippen molar-refractivity contribution in [2.75, 3.05) is 20.3 Å². The summed E-state index contributed by atoms with van der Waals surface area (Å²) in [6.45, 7) is 8.91. The molecule has 1 heterocycles. The molecule has 6 nitrogen and oxygen atoms in total. The maximum Gasteiger partial charge on any atom is 0.244 e. The average Bonchev–Trinajstić information content (AvgIpc) is 2.64. The van der Waals surface area contributed by atoms with E-state index >= 15 is 0 Å². The maximum absolute atomic E-state index is 12.6. The Morgan fingerprint density at radius 2 is 1.95 bits per heavy atom. The van der Waals surface area contributed by atoms with Crippen LogP contribution in [0, 0.1) is 13.8 Å². The zero-order valence-electron chi connectivity index (χ0n) is 13.4. The summed E-state index contributed by atoms with van der Waals surface area (Å²) >= 11 is 0. The lowest BCUT2D eigenvalue weighted by molar-refractivity contribution is 0.180. The Kier molecular flexibility index (Phi) is 6.86. The van der Waals surface area contributed by atoms with Crippen molar-refractivity contribution in [1.82, 2.24) is 10.0 Å². The molecule has 1 aromatic rings. The normalized spacial score (nSPS) is 13.6. The van der Waals surface area contributed by atoms with Crippen LogP contribution in [-0.2, 0) is 21.3 Å². The second kappa shape index (κ2) is 7.93. The minimum Gasteiger partial charge on any atom is -0.465 e. The van der Waals surface area contributed by atoms with Gasteiger partial charge in [-0.1, -0.05) is 6.92 Å². The molecule has 0 saturated carbocycles.